The summed E-state index contributed by atoms with van der Waals surface area (Å²) >= 11 is 5.50. The van der Waals surface area contributed by atoms with Gasteiger partial charge in [-0.15, -0.1) is 0 Å². The number of hydrogen-bond acceptors (Lipinski definition) is 2. The molecule has 3 aromatic rings. The number of hydrogen-bond donors (Lipinski definition) is 2. The molecule has 25 heavy (non-hydrogen) atoms. The number of fused-ring (bicyclic) bond motifs is 1. The van der Waals surface area contributed by atoms with Gasteiger partial charge in [-0.25, -0.2) is 4.39 Å². The normalized spacial score (nSPS) is 11.0. The largest absolute Gasteiger partial charge is 0.467 e. The Morgan fingerprint density at radius 3 is 2.92 bits per heavy atom. The van der Waals surface area contributed by atoms with Crippen molar-refractivity contribution < 1.29 is 8.81 Å². The lowest BCUT2D eigenvalue weighted by Crippen LogP contribution is -2.40. The second kappa shape index (κ2) is 7.70. The maximum Gasteiger partial charge on any atom is 0.169 e. The molecule has 0 aliphatic heterocycles. The van der Waals surface area contributed by atoms with Crippen molar-refractivity contribution in [1.29, 1.82) is 0 Å². The number of nitrogens with zero attached hydrogens (tertiary/aromatic N) is 1. The van der Waals surface area contributed by atoms with Crippen LogP contribution in [0.25, 0.3) is 10.9 Å². The number of H-pyrrole nitrogens is 1. The SMILES string of the molecule is CCNC(=S)N(CCc1c(C)[nH]c2ccc(F)cc12)Cc1ccco1. The molecule has 0 spiro atoms. The Bertz CT molecular complexity index is 857. The van der Waals surface area contributed by atoms with Gasteiger partial charge < -0.3 is 19.6 Å². The molecule has 4 nitrogen and oxygen atoms in total. The van der Waals surface area contributed by atoms with E-state index in [1.54, 1.807) is 18.4 Å². The maximum absolute atomic E-state index is 13.6. The second-order valence-electron chi connectivity index (χ2n) is 6.00. The van der Waals surface area contributed by atoms with Crippen LogP contribution in [-0.4, -0.2) is 28.1 Å². The molecule has 0 aliphatic carbocycles. The van der Waals surface area contributed by atoms with Gasteiger partial charge in [-0.1, -0.05) is 0 Å². The molecule has 1 aromatic carbocycles. The molecule has 0 saturated carbocycles. The first-order valence-electron chi connectivity index (χ1n) is 8.40. The van der Waals surface area contributed by atoms with Gasteiger partial charge >= 0.3 is 0 Å². The van der Waals surface area contributed by atoms with Gasteiger partial charge in [0, 0.05) is 29.7 Å². The minimum atomic E-state index is -0.219. The van der Waals surface area contributed by atoms with E-state index in [-0.39, 0.29) is 5.82 Å². The van der Waals surface area contributed by atoms with E-state index in [0.717, 1.165) is 47.4 Å². The number of aromatic nitrogens is 1. The number of aryl methyl sites for hydroxylation is 1. The van der Waals surface area contributed by atoms with E-state index < -0.39 is 0 Å². The molecule has 3 rings (SSSR count). The number of rotatable bonds is 6. The highest BCUT2D eigenvalue weighted by Crippen LogP contribution is 2.24. The number of aromatic amines is 1. The monoisotopic (exact) mass is 359 g/mol. The van der Waals surface area contributed by atoms with Crippen LogP contribution in [0.3, 0.4) is 0 Å². The van der Waals surface area contributed by atoms with Crippen molar-refractivity contribution in [2.75, 3.05) is 13.1 Å². The highest BCUT2D eigenvalue weighted by Gasteiger charge is 2.15. The minimum absolute atomic E-state index is 0.219. The molecule has 0 unspecified atom stereocenters. The number of nitrogens with one attached hydrogen (secondary N) is 2. The molecule has 0 amide bonds. The molecule has 0 aliphatic rings. The van der Waals surface area contributed by atoms with Crippen LogP contribution in [0.15, 0.2) is 41.0 Å². The zero-order chi connectivity index (χ0) is 17.8. The quantitative estimate of drug-likeness (QED) is 0.649. The molecule has 0 bridgehead atoms. The third-order valence-electron chi connectivity index (χ3n) is 4.26. The van der Waals surface area contributed by atoms with E-state index in [1.165, 1.54) is 6.07 Å². The summed E-state index contributed by atoms with van der Waals surface area (Å²) in [5, 5.41) is 4.83. The van der Waals surface area contributed by atoms with Crippen molar-refractivity contribution in [3.8, 4) is 0 Å². The molecule has 0 radical (unpaired) electrons. The minimum Gasteiger partial charge on any atom is -0.467 e. The summed E-state index contributed by atoms with van der Waals surface area (Å²) in [5.74, 6) is 0.644. The van der Waals surface area contributed by atoms with E-state index in [1.807, 2.05) is 26.0 Å². The average molecular weight is 359 g/mol. The van der Waals surface area contributed by atoms with Gasteiger partial charge in [0.1, 0.15) is 11.6 Å². The highest BCUT2D eigenvalue weighted by molar-refractivity contribution is 7.80. The molecule has 132 valence electrons. The van der Waals surface area contributed by atoms with Gasteiger partial charge in [0.15, 0.2) is 5.11 Å². The summed E-state index contributed by atoms with van der Waals surface area (Å²) in [5.41, 5.74) is 3.15. The van der Waals surface area contributed by atoms with E-state index in [4.69, 9.17) is 16.6 Å². The Labute approximate surface area is 152 Å². The van der Waals surface area contributed by atoms with Gasteiger partial charge in [-0.3, -0.25) is 0 Å². The Morgan fingerprint density at radius 2 is 2.20 bits per heavy atom. The van der Waals surface area contributed by atoms with Crippen molar-refractivity contribution in [3.05, 3.63) is 59.4 Å². The van der Waals surface area contributed by atoms with Gasteiger partial charge in [0.05, 0.1) is 12.8 Å². The molecular formula is C19H22FN3OS. The van der Waals surface area contributed by atoms with Crippen LogP contribution in [0.5, 0.6) is 0 Å². The molecule has 2 N–H and O–H groups in total. The number of halogens is 1. The van der Waals surface area contributed by atoms with Crippen LogP contribution in [-0.2, 0) is 13.0 Å². The van der Waals surface area contributed by atoms with Crippen molar-refractivity contribution in [3.63, 3.8) is 0 Å². The molecule has 0 atom stereocenters. The predicted molar refractivity (Wildman–Crippen MR) is 102 cm³/mol. The maximum atomic E-state index is 13.6. The van der Waals surface area contributed by atoms with Crippen LogP contribution < -0.4 is 5.32 Å². The molecule has 2 heterocycles. The highest BCUT2D eigenvalue weighted by atomic mass is 32.1. The fraction of sp³-hybridized carbons (Fsp3) is 0.316. The number of thiocarbonyl (C=S) groups is 1. The predicted octanol–water partition coefficient (Wildman–Crippen LogP) is 4.15. The summed E-state index contributed by atoms with van der Waals surface area (Å²) < 4.78 is 19.1. The number of furan rings is 1. The Balaban J connectivity index is 1.79. The second-order valence-corrected chi connectivity index (χ2v) is 6.39. The van der Waals surface area contributed by atoms with E-state index in [0.29, 0.717) is 11.7 Å². The molecule has 0 saturated heterocycles. The average Bonchev–Trinajstić information content (AvgIpc) is 3.19. The van der Waals surface area contributed by atoms with Crippen LogP contribution >= 0.6 is 12.2 Å². The smallest absolute Gasteiger partial charge is 0.169 e. The van der Waals surface area contributed by atoms with Gasteiger partial charge in [0.25, 0.3) is 0 Å². The molecular weight excluding hydrogens is 337 g/mol. The van der Waals surface area contributed by atoms with Crippen LogP contribution in [0.4, 0.5) is 4.39 Å². The molecule has 6 heteroatoms. The lowest BCUT2D eigenvalue weighted by atomic mass is 10.1. The van der Waals surface area contributed by atoms with Gasteiger partial charge in [-0.2, -0.15) is 0 Å². The first-order chi connectivity index (χ1) is 12.1. The fourth-order valence-corrected chi connectivity index (χ4v) is 3.33. The first kappa shape index (κ1) is 17.5. The van der Waals surface area contributed by atoms with Crippen molar-refractivity contribution >= 4 is 28.2 Å². The third kappa shape index (κ3) is 4.02. The van der Waals surface area contributed by atoms with Crippen molar-refractivity contribution in [2.45, 2.75) is 26.8 Å². The Kier molecular flexibility index (Phi) is 5.38. The van der Waals surface area contributed by atoms with Crippen molar-refractivity contribution in [2.24, 2.45) is 0 Å². The summed E-state index contributed by atoms with van der Waals surface area (Å²) in [6, 6.07) is 8.66. The summed E-state index contributed by atoms with van der Waals surface area (Å²) in [6.07, 6.45) is 2.43. The molecule has 0 fully saturated rings. The molecule has 2 aromatic heterocycles. The van der Waals surface area contributed by atoms with Crippen LogP contribution in [0, 0.1) is 12.7 Å². The van der Waals surface area contributed by atoms with Gasteiger partial charge in [-0.05, 0) is 68.4 Å². The third-order valence-corrected chi connectivity index (χ3v) is 4.66. The van der Waals surface area contributed by atoms with E-state index in [9.17, 15) is 4.39 Å². The Morgan fingerprint density at radius 1 is 1.36 bits per heavy atom. The summed E-state index contributed by atoms with van der Waals surface area (Å²) in [4.78, 5) is 5.40. The lowest BCUT2D eigenvalue weighted by Gasteiger charge is -2.24. The zero-order valence-corrected chi connectivity index (χ0v) is 15.3. The first-order valence-corrected chi connectivity index (χ1v) is 8.81. The van der Waals surface area contributed by atoms with E-state index >= 15 is 0 Å². The summed E-state index contributed by atoms with van der Waals surface area (Å²) in [6.45, 7) is 6.13. The van der Waals surface area contributed by atoms with E-state index in [2.05, 4.69) is 15.2 Å². The van der Waals surface area contributed by atoms with Crippen LogP contribution in [0.1, 0.15) is 23.9 Å². The summed E-state index contributed by atoms with van der Waals surface area (Å²) in [7, 11) is 0. The van der Waals surface area contributed by atoms with Gasteiger partial charge in [0.2, 0.25) is 0 Å². The zero-order valence-electron chi connectivity index (χ0n) is 14.4. The number of benzene rings is 1. The van der Waals surface area contributed by atoms with Crippen LogP contribution in [0.2, 0.25) is 0 Å². The Hall–Kier alpha value is -2.34. The van der Waals surface area contributed by atoms with Crippen molar-refractivity contribution in [1.82, 2.24) is 15.2 Å². The lowest BCUT2D eigenvalue weighted by molar-refractivity contribution is 0.360. The fourth-order valence-electron chi connectivity index (χ4n) is 3.03. The topological polar surface area (TPSA) is 44.2 Å². The standard InChI is InChI=1S/C19H22FN3OS/c1-3-21-19(25)23(12-15-5-4-10-24-15)9-8-16-13(2)22-18-7-6-14(20)11-17(16)18/h4-7,10-11,22H,3,8-9,12H2,1-2H3,(H,21,25).